The van der Waals surface area contributed by atoms with Crippen molar-refractivity contribution in [3.05, 3.63) is 0 Å². The van der Waals surface area contributed by atoms with Crippen molar-refractivity contribution < 1.29 is 44.8 Å². The summed E-state index contributed by atoms with van der Waals surface area (Å²) in [5, 5.41) is 42.9. The smallest absolute Gasteiger partial charge is 0.277 e. The number of carbonyl (C=O) groups excluding carboxylic acids is 1. The molecule has 0 aliphatic carbocycles. The van der Waals surface area contributed by atoms with Crippen molar-refractivity contribution in [3.63, 3.8) is 0 Å². The number of hydrogen-bond donors (Lipinski definition) is 4. The highest BCUT2D eigenvalue weighted by Gasteiger charge is 2.68. The average molecular weight is 347 g/mol. The van der Waals surface area contributed by atoms with E-state index in [1.54, 1.807) is 0 Å². The molecule has 0 aromatic rings. The highest BCUT2D eigenvalue weighted by molar-refractivity contribution is 9.10. The van der Waals surface area contributed by atoms with Gasteiger partial charge in [-0.3, -0.25) is 4.79 Å². The van der Waals surface area contributed by atoms with Gasteiger partial charge in [-0.15, -0.1) is 0 Å². The Kier molecular flexibility index (Phi) is 5.40. The zero-order chi connectivity index (χ0) is 14.8. The Labute approximate surface area is 116 Å². The average Bonchev–Trinajstić information content (AvgIpc) is 2.38. The summed E-state index contributed by atoms with van der Waals surface area (Å²) in [6, 6.07) is 0. The summed E-state index contributed by atoms with van der Waals surface area (Å²) in [6.45, 7) is 0.342. The van der Waals surface area contributed by atoms with Crippen LogP contribution in [0.3, 0.4) is 0 Å². The van der Waals surface area contributed by atoms with Gasteiger partial charge in [0.1, 0.15) is 18.3 Å². The van der Waals surface area contributed by atoms with Crippen molar-refractivity contribution in [3.8, 4) is 0 Å². The molecular formula is C9H15BrO9. The monoisotopic (exact) mass is 346 g/mol. The fraction of sp³-hybridized carbons (Fsp3) is 0.889. The van der Waals surface area contributed by atoms with Crippen LogP contribution in [0.4, 0.5) is 0 Å². The summed E-state index contributed by atoms with van der Waals surface area (Å²) in [4.78, 5) is 20.2. The highest BCUT2D eigenvalue weighted by Crippen LogP contribution is 2.44. The van der Waals surface area contributed by atoms with E-state index in [0.29, 0.717) is 0 Å². The summed E-state index contributed by atoms with van der Waals surface area (Å²) in [5.41, 5.74) is 0. The van der Waals surface area contributed by atoms with E-state index < -0.39 is 41.0 Å². The molecule has 0 bridgehead atoms. The molecule has 1 rings (SSSR count). The molecule has 5 atom stereocenters. The van der Waals surface area contributed by atoms with Crippen LogP contribution in [0.25, 0.3) is 0 Å². The Hall–Kier alpha value is -0.170. The number of ketones is 1. The predicted octanol–water partition coefficient (Wildman–Crippen LogP) is -2.02. The van der Waals surface area contributed by atoms with Crippen molar-refractivity contribution in [2.45, 2.75) is 35.5 Å². The Morgan fingerprint density at radius 1 is 1.47 bits per heavy atom. The third-order valence-electron chi connectivity index (χ3n) is 2.74. The molecule has 9 nitrogen and oxygen atoms in total. The van der Waals surface area contributed by atoms with Crippen molar-refractivity contribution in [1.82, 2.24) is 0 Å². The molecule has 0 unspecified atom stereocenters. The van der Waals surface area contributed by atoms with Crippen LogP contribution < -0.4 is 0 Å². The van der Waals surface area contributed by atoms with E-state index >= 15 is 0 Å². The molecule has 10 heteroatoms. The van der Waals surface area contributed by atoms with Crippen LogP contribution in [-0.4, -0.2) is 68.5 Å². The third kappa shape index (κ3) is 2.68. The molecule has 0 radical (unpaired) electrons. The molecule has 0 aromatic carbocycles. The van der Waals surface area contributed by atoms with Gasteiger partial charge in [0.05, 0.1) is 13.7 Å². The summed E-state index contributed by atoms with van der Waals surface area (Å²) in [7, 11) is 1.05. The van der Waals surface area contributed by atoms with Crippen LogP contribution in [0.5, 0.6) is 0 Å². The first-order valence-electron chi connectivity index (χ1n) is 5.20. The van der Waals surface area contributed by atoms with Crippen LogP contribution in [0.1, 0.15) is 6.92 Å². The van der Waals surface area contributed by atoms with E-state index in [2.05, 4.69) is 30.7 Å². The molecule has 1 heterocycles. The minimum Gasteiger partial charge on any atom is -0.394 e. The fourth-order valence-electron chi connectivity index (χ4n) is 1.66. The topological polar surface area (TPSA) is 135 Å². The van der Waals surface area contributed by atoms with E-state index in [-0.39, 0.29) is 0 Å². The van der Waals surface area contributed by atoms with Gasteiger partial charge in [0.15, 0.2) is 5.78 Å². The molecule has 1 saturated heterocycles. The molecule has 1 aliphatic rings. The molecule has 0 saturated carbocycles. The van der Waals surface area contributed by atoms with Gasteiger partial charge >= 0.3 is 0 Å². The van der Waals surface area contributed by atoms with Gasteiger partial charge in [-0.05, 0) is 22.9 Å². The van der Waals surface area contributed by atoms with Gasteiger partial charge < -0.3 is 25.2 Å². The quantitative estimate of drug-likeness (QED) is 0.192. The summed E-state index contributed by atoms with van der Waals surface area (Å²) in [5.74, 6) is -3.58. The van der Waals surface area contributed by atoms with Gasteiger partial charge in [0.25, 0.3) is 5.79 Å². The predicted molar refractivity (Wildman–Crippen MR) is 60.4 cm³/mol. The first kappa shape index (κ1) is 16.9. The Morgan fingerprint density at radius 3 is 2.47 bits per heavy atom. The van der Waals surface area contributed by atoms with E-state index in [4.69, 9.17) is 9.84 Å². The third-order valence-corrected chi connectivity index (χ3v) is 4.06. The SMILES string of the molecule is COOO[C@@]1(O)[C@@H](O)[C@H](O)[C@@H](CO)O[C@@]1(Br)C(C)=O. The maximum Gasteiger partial charge on any atom is 0.277 e. The van der Waals surface area contributed by atoms with E-state index in [0.717, 1.165) is 14.0 Å². The zero-order valence-corrected chi connectivity index (χ0v) is 11.7. The van der Waals surface area contributed by atoms with Crippen molar-refractivity contribution in [2.75, 3.05) is 13.7 Å². The van der Waals surface area contributed by atoms with Gasteiger partial charge in [-0.25, -0.2) is 4.89 Å². The molecule has 0 aromatic heterocycles. The van der Waals surface area contributed by atoms with Gasteiger partial charge in [-0.2, -0.15) is 4.89 Å². The molecule has 4 N–H and O–H groups in total. The Bertz CT molecular complexity index is 340. The number of ether oxygens (including phenoxy) is 1. The molecule has 1 aliphatic heterocycles. The standard InChI is InChI=1S/C9H15BrO9/c1-4(12)8(10)9(15,18-19-16-2)7(14)6(13)5(3-11)17-8/h5-7,11,13-15H,3H2,1-2H3/t5-,6-,7+,8+,9+/m1/s1. The first-order valence-corrected chi connectivity index (χ1v) is 5.99. The number of carbonyl (C=O) groups is 1. The lowest BCUT2D eigenvalue weighted by Gasteiger charge is -2.49. The molecule has 112 valence electrons. The highest BCUT2D eigenvalue weighted by atomic mass is 79.9. The van der Waals surface area contributed by atoms with Gasteiger partial charge in [-0.1, -0.05) is 5.04 Å². The van der Waals surface area contributed by atoms with E-state index in [1.165, 1.54) is 0 Å². The molecule has 19 heavy (non-hydrogen) atoms. The lowest BCUT2D eigenvalue weighted by atomic mass is 9.90. The maximum atomic E-state index is 11.6. The largest absolute Gasteiger partial charge is 0.394 e. The Balaban J connectivity index is 3.18. The number of hydrogen-bond acceptors (Lipinski definition) is 9. The second-order valence-electron chi connectivity index (χ2n) is 3.94. The van der Waals surface area contributed by atoms with Crippen LogP contribution in [0.15, 0.2) is 0 Å². The van der Waals surface area contributed by atoms with Gasteiger partial charge in [0.2, 0.25) is 4.51 Å². The number of halogens is 1. The maximum absolute atomic E-state index is 11.6. The fourth-order valence-corrected chi connectivity index (χ4v) is 2.20. The van der Waals surface area contributed by atoms with Crippen molar-refractivity contribution in [2.24, 2.45) is 0 Å². The number of rotatable bonds is 5. The summed E-state index contributed by atoms with van der Waals surface area (Å²) >= 11 is 2.80. The van der Waals surface area contributed by atoms with Crippen LogP contribution in [0.2, 0.25) is 0 Å². The lowest BCUT2D eigenvalue weighted by Crippen LogP contribution is -2.73. The Morgan fingerprint density at radius 2 is 2.05 bits per heavy atom. The molecule has 1 fully saturated rings. The molecule has 0 spiro atoms. The van der Waals surface area contributed by atoms with Crippen molar-refractivity contribution >= 4 is 21.7 Å². The van der Waals surface area contributed by atoms with E-state index in [9.17, 15) is 20.1 Å². The lowest BCUT2D eigenvalue weighted by molar-refractivity contribution is -0.585. The zero-order valence-electron chi connectivity index (χ0n) is 10.1. The normalized spacial score (nSPS) is 43.2. The minimum atomic E-state index is -2.79. The minimum absolute atomic E-state index is 0.694. The van der Waals surface area contributed by atoms with E-state index in [1.807, 2.05) is 0 Å². The molecular weight excluding hydrogens is 332 g/mol. The molecule has 0 amide bonds. The number of Topliss-reactive ketones (excluding diaryl/α,β-unsaturated/α-hetero) is 1. The summed E-state index contributed by atoms with van der Waals surface area (Å²) in [6.07, 6.45) is -5.05. The number of aliphatic hydroxyl groups is 4. The van der Waals surface area contributed by atoms with Crippen molar-refractivity contribution in [1.29, 1.82) is 0 Å². The van der Waals surface area contributed by atoms with Crippen LogP contribution in [-0.2, 0) is 24.3 Å². The van der Waals surface area contributed by atoms with Crippen LogP contribution in [0, 0.1) is 0 Å². The summed E-state index contributed by atoms with van der Waals surface area (Å²) < 4.78 is 2.82. The first-order chi connectivity index (χ1) is 8.74. The second-order valence-corrected chi connectivity index (χ2v) is 5.06. The van der Waals surface area contributed by atoms with Crippen LogP contribution >= 0.6 is 15.9 Å². The number of aliphatic hydroxyl groups excluding tert-OH is 3. The number of alkyl halides is 1. The second kappa shape index (κ2) is 6.08. The van der Waals surface area contributed by atoms with Gasteiger partial charge in [0, 0.05) is 0 Å².